The lowest BCUT2D eigenvalue weighted by Gasteiger charge is -2.16. The minimum atomic E-state index is -0.489. The van der Waals surface area contributed by atoms with Crippen LogP contribution in [0.3, 0.4) is 0 Å². The molecule has 162 valence electrons. The Kier molecular flexibility index (Phi) is 6.21. The molecule has 0 aliphatic heterocycles. The number of fused-ring (bicyclic) bond motifs is 1. The third kappa shape index (κ3) is 4.35. The van der Waals surface area contributed by atoms with Crippen LogP contribution in [0.5, 0.6) is 5.75 Å². The molecule has 1 aromatic heterocycles. The monoisotopic (exact) mass is 465 g/mol. The van der Waals surface area contributed by atoms with Crippen molar-refractivity contribution in [3.8, 4) is 11.4 Å². The predicted molar refractivity (Wildman–Crippen MR) is 128 cm³/mol. The molecule has 32 heavy (non-hydrogen) atoms. The first-order valence-corrected chi connectivity index (χ1v) is 11.1. The van der Waals surface area contributed by atoms with Crippen LogP contribution >= 0.6 is 23.4 Å². The normalized spacial score (nSPS) is 11.0. The van der Waals surface area contributed by atoms with Gasteiger partial charge in [-0.2, -0.15) is 0 Å². The summed E-state index contributed by atoms with van der Waals surface area (Å²) in [6.07, 6.45) is 0. The first-order chi connectivity index (χ1) is 15.4. The Labute approximate surface area is 194 Å². The minimum Gasteiger partial charge on any atom is -0.495 e. The van der Waals surface area contributed by atoms with Gasteiger partial charge in [0.25, 0.3) is 5.56 Å². The summed E-state index contributed by atoms with van der Waals surface area (Å²) < 4.78 is 7.09. The Hall–Kier alpha value is -3.29. The molecule has 0 aliphatic rings. The van der Waals surface area contributed by atoms with E-state index < -0.39 is 5.91 Å². The molecule has 0 atom stereocenters. The maximum Gasteiger partial charge on any atom is 0.266 e. The molecule has 0 aliphatic carbocycles. The van der Waals surface area contributed by atoms with Gasteiger partial charge in [-0.1, -0.05) is 41.6 Å². The van der Waals surface area contributed by atoms with Crippen molar-refractivity contribution in [3.05, 3.63) is 92.7 Å². The van der Waals surface area contributed by atoms with E-state index in [2.05, 4.69) is 0 Å². The highest BCUT2D eigenvalue weighted by Gasteiger charge is 2.17. The second-order valence-electron chi connectivity index (χ2n) is 7.23. The summed E-state index contributed by atoms with van der Waals surface area (Å²) in [5.41, 5.74) is 8.60. The average molecular weight is 466 g/mol. The average Bonchev–Trinajstić information content (AvgIpc) is 2.77. The highest BCUT2D eigenvalue weighted by atomic mass is 35.5. The van der Waals surface area contributed by atoms with E-state index in [0.29, 0.717) is 43.8 Å². The number of amides is 1. The quantitative estimate of drug-likeness (QED) is 0.328. The number of ether oxygens (including phenoxy) is 1. The second kappa shape index (κ2) is 9.06. The Morgan fingerprint density at radius 3 is 2.72 bits per heavy atom. The Balaban J connectivity index is 1.88. The van der Waals surface area contributed by atoms with Crippen molar-refractivity contribution in [1.29, 1.82) is 0 Å². The van der Waals surface area contributed by atoms with Gasteiger partial charge < -0.3 is 10.5 Å². The van der Waals surface area contributed by atoms with Gasteiger partial charge in [-0.3, -0.25) is 14.2 Å². The topological polar surface area (TPSA) is 87.2 Å². The molecule has 0 bridgehead atoms. The SMILES string of the molecule is COc1ccc(C)cc1-n1c(SCc2cccc(C(N)=O)c2)nc2cc(Cl)ccc2c1=O. The van der Waals surface area contributed by atoms with E-state index >= 15 is 0 Å². The summed E-state index contributed by atoms with van der Waals surface area (Å²) in [6.45, 7) is 1.95. The lowest BCUT2D eigenvalue weighted by atomic mass is 10.1. The van der Waals surface area contributed by atoms with Crippen molar-refractivity contribution in [3.63, 3.8) is 0 Å². The third-order valence-corrected chi connectivity index (χ3v) is 6.20. The third-order valence-electron chi connectivity index (χ3n) is 4.96. The lowest BCUT2D eigenvalue weighted by molar-refractivity contribution is 0.1000. The molecule has 3 aromatic carbocycles. The van der Waals surface area contributed by atoms with Gasteiger partial charge in [0.05, 0.1) is 23.7 Å². The van der Waals surface area contributed by atoms with Gasteiger partial charge in [-0.25, -0.2) is 4.98 Å². The molecule has 0 radical (unpaired) electrons. The molecule has 0 spiro atoms. The van der Waals surface area contributed by atoms with Crippen LogP contribution in [0.1, 0.15) is 21.5 Å². The van der Waals surface area contributed by atoms with Gasteiger partial charge in [0.1, 0.15) is 5.75 Å². The number of halogens is 1. The van der Waals surface area contributed by atoms with Gasteiger partial charge in [0.15, 0.2) is 5.16 Å². The van der Waals surface area contributed by atoms with Crippen LogP contribution in [0.2, 0.25) is 5.02 Å². The van der Waals surface area contributed by atoms with Crippen LogP contribution in [-0.2, 0) is 5.75 Å². The number of aryl methyl sites for hydroxylation is 1. The maximum absolute atomic E-state index is 13.5. The largest absolute Gasteiger partial charge is 0.495 e. The van der Waals surface area contributed by atoms with Gasteiger partial charge in [-0.05, 0) is 60.5 Å². The zero-order chi connectivity index (χ0) is 22.8. The van der Waals surface area contributed by atoms with Crippen molar-refractivity contribution < 1.29 is 9.53 Å². The maximum atomic E-state index is 13.5. The lowest BCUT2D eigenvalue weighted by Crippen LogP contribution is -2.22. The highest BCUT2D eigenvalue weighted by molar-refractivity contribution is 7.98. The summed E-state index contributed by atoms with van der Waals surface area (Å²) in [7, 11) is 1.57. The number of rotatable bonds is 6. The molecule has 0 unspecified atom stereocenters. The number of aromatic nitrogens is 2. The molecule has 0 saturated carbocycles. The van der Waals surface area contributed by atoms with Crippen molar-refractivity contribution in [2.75, 3.05) is 7.11 Å². The number of carbonyl (C=O) groups excluding carboxylic acids is 1. The van der Waals surface area contributed by atoms with Crippen molar-refractivity contribution in [1.82, 2.24) is 9.55 Å². The Bertz CT molecular complexity index is 1400. The van der Waals surface area contributed by atoms with E-state index in [1.54, 1.807) is 48.1 Å². The van der Waals surface area contributed by atoms with E-state index in [0.717, 1.165) is 11.1 Å². The number of primary amides is 1. The molecule has 1 amide bonds. The number of carbonyl (C=O) groups is 1. The number of thioether (sulfide) groups is 1. The van der Waals surface area contributed by atoms with E-state index in [-0.39, 0.29) is 5.56 Å². The fourth-order valence-electron chi connectivity index (χ4n) is 3.38. The number of methoxy groups -OCH3 is 1. The number of hydrogen-bond donors (Lipinski definition) is 1. The Morgan fingerprint density at radius 2 is 1.97 bits per heavy atom. The summed E-state index contributed by atoms with van der Waals surface area (Å²) >= 11 is 7.53. The molecule has 0 fully saturated rings. The van der Waals surface area contributed by atoms with Crippen LogP contribution in [-0.4, -0.2) is 22.6 Å². The van der Waals surface area contributed by atoms with Crippen molar-refractivity contribution in [2.24, 2.45) is 5.73 Å². The fourth-order valence-corrected chi connectivity index (χ4v) is 4.50. The van der Waals surface area contributed by atoms with Gasteiger partial charge in [0, 0.05) is 16.3 Å². The van der Waals surface area contributed by atoms with Crippen molar-refractivity contribution in [2.45, 2.75) is 17.8 Å². The molecular formula is C24H20ClN3O3S. The zero-order valence-corrected chi connectivity index (χ0v) is 19.0. The van der Waals surface area contributed by atoms with Crippen LogP contribution in [0.15, 0.2) is 70.6 Å². The first-order valence-electron chi connectivity index (χ1n) is 9.76. The zero-order valence-electron chi connectivity index (χ0n) is 17.5. The minimum absolute atomic E-state index is 0.219. The second-order valence-corrected chi connectivity index (χ2v) is 8.60. The summed E-state index contributed by atoms with van der Waals surface area (Å²) in [5, 5.41) is 1.44. The van der Waals surface area contributed by atoms with E-state index in [9.17, 15) is 9.59 Å². The van der Waals surface area contributed by atoms with Crippen LogP contribution in [0.4, 0.5) is 0 Å². The molecular weight excluding hydrogens is 446 g/mol. The molecule has 6 nitrogen and oxygen atoms in total. The summed E-state index contributed by atoms with van der Waals surface area (Å²) in [6, 6.07) is 17.7. The number of nitrogens with zero attached hydrogens (tertiary/aromatic N) is 2. The van der Waals surface area contributed by atoms with Crippen molar-refractivity contribution >= 4 is 40.2 Å². The van der Waals surface area contributed by atoms with Crippen LogP contribution < -0.4 is 16.0 Å². The summed E-state index contributed by atoms with van der Waals surface area (Å²) in [5.74, 6) is 0.551. The number of hydrogen-bond acceptors (Lipinski definition) is 5. The molecule has 0 saturated heterocycles. The van der Waals surface area contributed by atoms with E-state index in [1.165, 1.54) is 11.8 Å². The van der Waals surface area contributed by atoms with Crippen LogP contribution in [0.25, 0.3) is 16.6 Å². The first kappa shape index (κ1) is 21.9. The van der Waals surface area contributed by atoms with Gasteiger partial charge in [0.2, 0.25) is 5.91 Å². The summed E-state index contributed by atoms with van der Waals surface area (Å²) in [4.78, 5) is 29.8. The predicted octanol–water partition coefficient (Wildman–Crippen LogP) is 4.75. The van der Waals surface area contributed by atoms with Gasteiger partial charge in [-0.15, -0.1) is 0 Å². The molecule has 4 rings (SSSR count). The molecule has 2 N–H and O–H groups in total. The Morgan fingerprint density at radius 1 is 1.16 bits per heavy atom. The fraction of sp³-hybridized carbons (Fsp3) is 0.125. The number of benzene rings is 3. The molecule has 4 aromatic rings. The van der Waals surface area contributed by atoms with E-state index in [1.807, 2.05) is 31.2 Å². The standard InChI is InChI=1S/C24H20ClN3O3S/c1-14-6-9-21(31-2)20(10-14)28-23(30)18-8-7-17(25)12-19(18)27-24(28)32-13-15-4-3-5-16(11-15)22(26)29/h3-12H,13H2,1-2H3,(H2,26,29). The number of nitrogens with two attached hydrogens (primary N) is 1. The molecule has 8 heteroatoms. The highest BCUT2D eigenvalue weighted by Crippen LogP contribution is 2.30. The smallest absolute Gasteiger partial charge is 0.266 e. The van der Waals surface area contributed by atoms with Crippen LogP contribution in [0, 0.1) is 6.92 Å². The van der Waals surface area contributed by atoms with Gasteiger partial charge >= 0.3 is 0 Å². The molecule has 1 heterocycles. The van der Waals surface area contributed by atoms with E-state index in [4.69, 9.17) is 27.1 Å².